The Labute approximate surface area is 270 Å². The van der Waals surface area contributed by atoms with Crippen molar-refractivity contribution in [1.29, 1.82) is 0 Å². The van der Waals surface area contributed by atoms with Crippen molar-refractivity contribution in [3.8, 4) is 0 Å². The largest absolute Gasteiger partial charge is 0.368 e. The van der Waals surface area contributed by atoms with E-state index in [9.17, 15) is 18.0 Å². The molecule has 12 nitrogen and oxygen atoms in total. The fraction of sp³-hybridized carbons (Fsp3) is 0.606. The monoisotopic (exact) mass is 651 g/mol. The van der Waals surface area contributed by atoms with Gasteiger partial charge in [0.15, 0.2) is 5.78 Å². The third kappa shape index (κ3) is 7.42. The van der Waals surface area contributed by atoms with E-state index in [1.54, 1.807) is 17.7 Å². The Morgan fingerprint density at radius 2 is 1.67 bits per heavy atom. The van der Waals surface area contributed by atoms with Crippen LogP contribution < -0.4 is 15.8 Å². The molecule has 3 aromatic rings. The highest BCUT2D eigenvalue weighted by molar-refractivity contribution is 7.85. The first-order valence-corrected chi connectivity index (χ1v) is 18.3. The van der Waals surface area contributed by atoms with Gasteiger partial charge in [0.25, 0.3) is 15.7 Å². The van der Waals surface area contributed by atoms with Crippen LogP contribution in [0.15, 0.2) is 29.3 Å². The molecular weight excluding hydrogens is 606 g/mol. The summed E-state index contributed by atoms with van der Waals surface area (Å²) < 4.78 is 29.3. The van der Waals surface area contributed by atoms with Gasteiger partial charge in [-0.25, -0.2) is 9.97 Å². The highest BCUT2D eigenvalue weighted by Gasteiger charge is 2.27. The fourth-order valence-corrected chi connectivity index (χ4v) is 7.86. The molecule has 2 aliphatic carbocycles. The van der Waals surface area contributed by atoms with Gasteiger partial charge in [0.05, 0.1) is 30.3 Å². The molecule has 0 unspecified atom stereocenters. The van der Waals surface area contributed by atoms with E-state index >= 15 is 0 Å². The zero-order chi connectivity index (χ0) is 32.4. The molecule has 0 radical (unpaired) electrons. The van der Waals surface area contributed by atoms with E-state index < -0.39 is 10.1 Å². The molecule has 0 bridgehead atoms. The molecule has 1 aliphatic heterocycles. The van der Waals surface area contributed by atoms with Crippen molar-refractivity contribution < 1.29 is 17.4 Å². The van der Waals surface area contributed by atoms with Gasteiger partial charge >= 0.3 is 0 Å². The number of carbonyl (C=O) groups is 1. The summed E-state index contributed by atoms with van der Waals surface area (Å²) in [7, 11) is -3.37. The van der Waals surface area contributed by atoms with Gasteiger partial charge in [0, 0.05) is 50.3 Å². The first-order chi connectivity index (χ1) is 22.1. The van der Waals surface area contributed by atoms with Gasteiger partial charge in [0.2, 0.25) is 5.95 Å². The van der Waals surface area contributed by atoms with Gasteiger partial charge in [0.1, 0.15) is 11.5 Å². The summed E-state index contributed by atoms with van der Waals surface area (Å²) in [6, 6.07) is 4.01. The predicted molar refractivity (Wildman–Crippen MR) is 178 cm³/mol. The molecule has 0 atom stereocenters. The van der Waals surface area contributed by atoms with Crippen molar-refractivity contribution in [2.75, 3.05) is 55.8 Å². The number of fused-ring (bicyclic) bond motifs is 1. The molecule has 4 heterocycles. The van der Waals surface area contributed by atoms with Crippen molar-refractivity contribution in [1.82, 2.24) is 24.4 Å². The number of Topliss-reactive ketones (excluding diaryl/α,β-unsaturated/α-hetero) is 1. The number of hydrogen-bond acceptors (Lipinski definition) is 11. The third-order valence-electron chi connectivity index (χ3n) is 9.98. The van der Waals surface area contributed by atoms with Crippen LogP contribution in [0.25, 0.3) is 11.0 Å². The van der Waals surface area contributed by atoms with Crippen molar-refractivity contribution in [3.63, 3.8) is 0 Å². The van der Waals surface area contributed by atoms with Crippen LogP contribution in [-0.4, -0.2) is 84.2 Å². The maximum atomic E-state index is 13.5. The normalized spacial score (nSPS) is 21.6. The standard InChI is InChI=1S/C33H45N7O5S/c1-22-28-19-35-33(37-31(28)40(26-6-4-5-7-26)32(42)30(22)23(2)41)36-29-13-12-27(18-34-29)39-16-14-38(15-17-39)20-24-8-10-25(11-9-24)21-45-46(3,43)44/h12-13,18-19,24-26H,4-11,14-17,20-21H2,1-3H3,(H,34,35,36,37). The fourth-order valence-electron chi connectivity index (χ4n) is 7.42. The maximum Gasteiger partial charge on any atom is 0.264 e. The Hall–Kier alpha value is -3.42. The Kier molecular flexibility index (Phi) is 9.72. The SMILES string of the molecule is CC(=O)c1c(C)c2cnc(Nc3ccc(N4CCN(CC5CCC(COS(C)(=O)=O)CC5)CC4)cn3)nc2n(C2CCCC2)c1=O. The first-order valence-electron chi connectivity index (χ1n) is 16.5. The number of hydrogen-bond donors (Lipinski definition) is 1. The highest BCUT2D eigenvalue weighted by Crippen LogP contribution is 2.33. The van der Waals surface area contributed by atoms with Crippen LogP contribution in [0.5, 0.6) is 0 Å². The van der Waals surface area contributed by atoms with Gasteiger partial charge in [-0.05, 0) is 81.9 Å². The van der Waals surface area contributed by atoms with E-state index in [0.29, 0.717) is 41.4 Å². The van der Waals surface area contributed by atoms with Crippen LogP contribution in [0.4, 0.5) is 17.5 Å². The van der Waals surface area contributed by atoms with Gasteiger partial charge in [-0.3, -0.25) is 23.2 Å². The number of carbonyl (C=O) groups excluding carboxylic acids is 1. The Bertz CT molecular complexity index is 1720. The minimum atomic E-state index is -3.37. The number of rotatable bonds is 10. The zero-order valence-electron chi connectivity index (χ0n) is 27.1. The topological polar surface area (TPSA) is 140 Å². The molecule has 248 valence electrons. The molecule has 1 saturated heterocycles. The van der Waals surface area contributed by atoms with Crippen molar-refractivity contribution >= 4 is 44.4 Å². The van der Waals surface area contributed by atoms with Gasteiger partial charge in [-0.15, -0.1) is 0 Å². The molecule has 6 rings (SSSR count). The average molecular weight is 652 g/mol. The summed E-state index contributed by atoms with van der Waals surface area (Å²) in [6.07, 6.45) is 12.9. The van der Waals surface area contributed by atoms with E-state index in [4.69, 9.17) is 9.17 Å². The quantitative estimate of drug-likeness (QED) is 0.246. The van der Waals surface area contributed by atoms with E-state index in [0.717, 1.165) is 101 Å². The molecule has 3 aromatic heterocycles. The molecular formula is C33H45N7O5S. The van der Waals surface area contributed by atoms with Gasteiger partial charge in [-0.2, -0.15) is 13.4 Å². The van der Waals surface area contributed by atoms with E-state index in [1.165, 1.54) is 6.92 Å². The second-order valence-electron chi connectivity index (χ2n) is 13.3. The lowest BCUT2D eigenvalue weighted by molar-refractivity contribution is 0.101. The summed E-state index contributed by atoms with van der Waals surface area (Å²) in [5.41, 5.74) is 2.21. The molecule has 46 heavy (non-hydrogen) atoms. The van der Waals surface area contributed by atoms with E-state index in [-0.39, 0.29) is 22.9 Å². The van der Waals surface area contributed by atoms with Crippen molar-refractivity contribution in [2.24, 2.45) is 11.8 Å². The molecule has 2 saturated carbocycles. The van der Waals surface area contributed by atoms with Gasteiger partial charge < -0.3 is 10.2 Å². The number of anilines is 3. The Morgan fingerprint density at radius 1 is 0.978 bits per heavy atom. The number of ketones is 1. The lowest BCUT2D eigenvalue weighted by Gasteiger charge is -2.38. The summed E-state index contributed by atoms with van der Waals surface area (Å²) in [6.45, 7) is 8.49. The smallest absolute Gasteiger partial charge is 0.264 e. The third-order valence-corrected chi connectivity index (χ3v) is 10.5. The average Bonchev–Trinajstić information content (AvgIpc) is 3.56. The van der Waals surface area contributed by atoms with Crippen LogP contribution >= 0.6 is 0 Å². The second kappa shape index (κ2) is 13.7. The van der Waals surface area contributed by atoms with Crippen LogP contribution in [-0.2, 0) is 14.3 Å². The van der Waals surface area contributed by atoms with E-state index in [2.05, 4.69) is 31.2 Å². The van der Waals surface area contributed by atoms with Crippen LogP contribution in [0.2, 0.25) is 0 Å². The number of piperazine rings is 1. The Balaban J connectivity index is 1.06. The van der Waals surface area contributed by atoms with Crippen LogP contribution in [0.3, 0.4) is 0 Å². The minimum Gasteiger partial charge on any atom is -0.368 e. The number of nitrogens with one attached hydrogen (secondary N) is 1. The number of nitrogens with zero attached hydrogens (tertiary/aromatic N) is 6. The first kappa shape index (κ1) is 32.5. The maximum absolute atomic E-state index is 13.5. The second-order valence-corrected chi connectivity index (χ2v) is 14.9. The lowest BCUT2D eigenvalue weighted by atomic mass is 9.82. The van der Waals surface area contributed by atoms with Crippen molar-refractivity contribution in [2.45, 2.75) is 71.3 Å². The summed E-state index contributed by atoms with van der Waals surface area (Å²) >= 11 is 0. The van der Waals surface area contributed by atoms with Gasteiger partial charge in [-0.1, -0.05) is 12.8 Å². The Morgan fingerprint density at radius 3 is 2.30 bits per heavy atom. The molecule has 0 spiro atoms. The predicted octanol–water partition coefficient (Wildman–Crippen LogP) is 4.46. The molecule has 1 N–H and O–H groups in total. The summed E-state index contributed by atoms with van der Waals surface area (Å²) in [4.78, 5) is 44.7. The summed E-state index contributed by atoms with van der Waals surface area (Å²) in [5.74, 6) is 1.73. The molecule has 13 heteroatoms. The van der Waals surface area contributed by atoms with Crippen LogP contribution in [0, 0.1) is 18.8 Å². The molecule has 0 aromatic carbocycles. The molecule has 3 aliphatic rings. The summed E-state index contributed by atoms with van der Waals surface area (Å²) in [5, 5.41) is 3.93. The zero-order valence-corrected chi connectivity index (χ0v) is 27.9. The van der Waals surface area contributed by atoms with E-state index in [1.807, 2.05) is 12.3 Å². The number of pyridine rings is 2. The number of aryl methyl sites for hydroxylation is 1. The van der Waals surface area contributed by atoms with Crippen LogP contribution in [0.1, 0.15) is 80.3 Å². The lowest BCUT2D eigenvalue weighted by Crippen LogP contribution is -2.48. The minimum absolute atomic E-state index is 0.0261. The number of aromatic nitrogens is 4. The van der Waals surface area contributed by atoms with Crippen molar-refractivity contribution in [3.05, 3.63) is 46.0 Å². The molecule has 3 fully saturated rings. The molecule has 0 amide bonds. The highest BCUT2D eigenvalue weighted by atomic mass is 32.2.